The zero-order valence-corrected chi connectivity index (χ0v) is 23.8. The van der Waals surface area contributed by atoms with E-state index in [1.54, 1.807) is 12.1 Å². The van der Waals surface area contributed by atoms with Crippen LogP contribution in [-0.4, -0.2) is 67.0 Å². The average Bonchev–Trinajstić information content (AvgIpc) is 3.35. The van der Waals surface area contributed by atoms with Gasteiger partial charge >= 0.3 is 13.8 Å². The molecule has 39 heavy (non-hydrogen) atoms. The van der Waals surface area contributed by atoms with Gasteiger partial charge in [-0.25, -0.2) is 13.0 Å². The molecule has 11 nitrogen and oxygen atoms in total. The lowest BCUT2D eigenvalue weighted by molar-refractivity contribution is -0.151. The van der Waals surface area contributed by atoms with E-state index in [0.717, 1.165) is 9.87 Å². The quantitative estimate of drug-likeness (QED) is 0.171. The number of phosphoric acid groups is 1. The highest BCUT2D eigenvalue weighted by atomic mass is 32.2. The molecule has 1 aliphatic rings. The van der Waals surface area contributed by atoms with E-state index in [1.807, 2.05) is 32.0 Å². The number of ether oxygens (including phenoxy) is 2. The van der Waals surface area contributed by atoms with E-state index < -0.39 is 48.5 Å². The number of benzene rings is 2. The van der Waals surface area contributed by atoms with Crippen LogP contribution in [0.3, 0.4) is 0 Å². The Hall–Kier alpha value is -2.31. The van der Waals surface area contributed by atoms with E-state index in [0.29, 0.717) is 18.7 Å². The maximum Gasteiger partial charge on any atom is 0.469 e. The molecule has 2 aromatic carbocycles. The van der Waals surface area contributed by atoms with Crippen LogP contribution in [0.15, 0.2) is 59.5 Å². The second-order valence-electron chi connectivity index (χ2n) is 10.0. The van der Waals surface area contributed by atoms with Gasteiger partial charge in [0.25, 0.3) is 0 Å². The lowest BCUT2D eigenvalue weighted by atomic mass is 9.90. The van der Waals surface area contributed by atoms with Gasteiger partial charge in [0.1, 0.15) is 6.10 Å². The van der Waals surface area contributed by atoms with Crippen molar-refractivity contribution in [3.05, 3.63) is 60.2 Å². The average molecular weight is 585 g/mol. The van der Waals surface area contributed by atoms with Gasteiger partial charge in [-0.15, -0.1) is 0 Å². The van der Waals surface area contributed by atoms with Gasteiger partial charge in [0.2, 0.25) is 10.0 Å². The highest BCUT2D eigenvalue weighted by Crippen LogP contribution is 2.41. The summed E-state index contributed by atoms with van der Waals surface area (Å²) in [5.74, 6) is -1.52. The summed E-state index contributed by atoms with van der Waals surface area (Å²) in [5.41, 5.74) is 6.91. The molecule has 4 N–H and O–H groups in total. The maximum atomic E-state index is 13.6. The van der Waals surface area contributed by atoms with Gasteiger partial charge in [0.15, 0.2) is 0 Å². The van der Waals surface area contributed by atoms with Crippen molar-refractivity contribution < 1.29 is 41.6 Å². The fourth-order valence-corrected chi connectivity index (χ4v) is 6.63. The molecular formula is C26H37N2O9PS. The SMILES string of the molecule is CC(C)CN(CC(OP(=O)(O)O)C(CC(=O)OC1CCOC1)Cc1ccccc1)S(=O)(=O)c1ccc(N)cc1. The molecule has 1 saturated heterocycles. The predicted octanol–water partition coefficient (Wildman–Crippen LogP) is 2.97. The lowest BCUT2D eigenvalue weighted by Gasteiger charge is -2.33. The molecule has 0 bridgehead atoms. The Bertz CT molecular complexity index is 1210. The lowest BCUT2D eigenvalue weighted by Crippen LogP contribution is -2.44. The van der Waals surface area contributed by atoms with Gasteiger partial charge in [0.05, 0.1) is 30.6 Å². The standard InChI is InChI=1S/C26H37N2O9PS/c1-19(2)16-28(39(33,34)24-10-8-22(27)9-11-24)17-25(37-38(30,31)32)21(14-20-6-4-3-5-7-20)15-26(29)36-23-12-13-35-18-23/h3-11,19,21,23,25H,12-18,27H2,1-2H3,(H2,30,31,32). The second-order valence-corrected chi connectivity index (χ2v) is 13.2. The Balaban J connectivity index is 1.96. The fraction of sp³-hybridized carbons (Fsp3) is 0.500. The molecule has 216 valence electrons. The first-order valence-corrected chi connectivity index (χ1v) is 15.7. The van der Waals surface area contributed by atoms with E-state index in [-0.39, 0.29) is 36.8 Å². The van der Waals surface area contributed by atoms with Gasteiger partial charge < -0.3 is 25.0 Å². The number of sulfonamides is 1. The summed E-state index contributed by atoms with van der Waals surface area (Å²) in [6.45, 7) is 4.06. The third kappa shape index (κ3) is 9.99. The van der Waals surface area contributed by atoms with Crippen LogP contribution < -0.4 is 5.73 Å². The number of nitrogen functional groups attached to an aromatic ring is 1. The van der Waals surface area contributed by atoms with Crippen molar-refractivity contribution >= 4 is 29.5 Å². The number of phosphoric ester groups is 1. The summed E-state index contributed by atoms with van der Waals surface area (Å²) in [4.78, 5) is 32.5. The van der Waals surface area contributed by atoms with E-state index in [1.165, 1.54) is 24.3 Å². The molecular weight excluding hydrogens is 547 g/mol. The van der Waals surface area contributed by atoms with Crippen molar-refractivity contribution in [1.29, 1.82) is 0 Å². The predicted molar refractivity (Wildman–Crippen MR) is 145 cm³/mol. The number of hydrogen-bond donors (Lipinski definition) is 3. The number of nitrogens with zero attached hydrogens (tertiary/aromatic N) is 1. The first-order valence-electron chi connectivity index (χ1n) is 12.7. The van der Waals surface area contributed by atoms with E-state index in [9.17, 15) is 27.6 Å². The first-order chi connectivity index (χ1) is 18.3. The molecule has 1 aliphatic heterocycles. The Labute approximate surface area is 229 Å². The van der Waals surface area contributed by atoms with Crippen LogP contribution >= 0.6 is 7.82 Å². The summed E-state index contributed by atoms with van der Waals surface area (Å²) in [5, 5.41) is 0. The molecule has 0 aliphatic carbocycles. The fourth-order valence-electron chi connectivity index (χ4n) is 4.42. The number of carbonyl (C=O) groups excluding carboxylic acids is 1. The number of rotatable bonds is 14. The minimum Gasteiger partial charge on any atom is -0.460 e. The molecule has 0 amide bonds. The summed E-state index contributed by atoms with van der Waals surface area (Å²) in [7, 11) is -9.19. The van der Waals surface area contributed by atoms with Crippen molar-refractivity contribution in [3.63, 3.8) is 0 Å². The Morgan fingerprint density at radius 2 is 1.79 bits per heavy atom. The number of nitrogens with two attached hydrogens (primary N) is 1. The highest BCUT2D eigenvalue weighted by molar-refractivity contribution is 7.89. The topological polar surface area (TPSA) is 166 Å². The van der Waals surface area contributed by atoms with Crippen LogP contribution in [0, 0.1) is 11.8 Å². The molecule has 0 spiro atoms. The Kier molecular flexibility index (Phi) is 11.1. The number of hydrogen-bond acceptors (Lipinski definition) is 8. The molecule has 0 saturated carbocycles. The van der Waals surface area contributed by atoms with Crippen LogP contribution in [0.2, 0.25) is 0 Å². The molecule has 3 atom stereocenters. The minimum absolute atomic E-state index is 0.0208. The zero-order valence-electron chi connectivity index (χ0n) is 22.1. The third-order valence-electron chi connectivity index (χ3n) is 6.22. The molecule has 0 aromatic heterocycles. The molecule has 3 rings (SSSR count). The second kappa shape index (κ2) is 13.8. The molecule has 1 fully saturated rings. The van der Waals surface area contributed by atoms with Crippen LogP contribution in [0.4, 0.5) is 5.69 Å². The van der Waals surface area contributed by atoms with Crippen molar-refractivity contribution in [2.75, 3.05) is 32.0 Å². The van der Waals surface area contributed by atoms with Gasteiger partial charge in [-0.1, -0.05) is 44.2 Å². The van der Waals surface area contributed by atoms with Gasteiger partial charge in [-0.2, -0.15) is 4.31 Å². The summed E-state index contributed by atoms with van der Waals surface area (Å²) in [6.07, 6.45) is -1.23. The summed E-state index contributed by atoms with van der Waals surface area (Å²) in [6, 6.07) is 14.7. The normalized spacial score (nSPS) is 17.8. The number of esters is 1. The van der Waals surface area contributed by atoms with Crippen molar-refractivity contribution in [3.8, 4) is 0 Å². The van der Waals surface area contributed by atoms with Gasteiger partial charge in [-0.05, 0) is 42.2 Å². The van der Waals surface area contributed by atoms with Crippen molar-refractivity contribution in [2.24, 2.45) is 11.8 Å². The van der Waals surface area contributed by atoms with Crippen LogP contribution in [-0.2, 0) is 39.8 Å². The van der Waals surface area contributed by atoms with E-state index >= 15 is 0 Å². The summed E-state index contributed by atoms with van der Waals surface area (Å²) < 4.78 is 56.5. The number of carbonyl (C=O) groups is 1. The van der Waals surface area contributed by atoms with Crippen LogP contribution in [0.25, 0.3) is 0 Å². The smallest absolute Gasteiger partial charge is 0.460 e. The van der Waals surface area contributed by atoms with Gasteiger partial charge in [0, 0.05) is 31.1 Å². The molecule has 3 unspecified atom stereocenters. The molecule has 13 heteroatoms. The highest BCUT2D eigenvalue weighted by Gasteiger charge is 2.37. The van der Waals surface area contributed by atoms with Crippen molar-refractivity contribution in [2.45, 2.75) is 50.2 Å². The monoisotopic (exact) mass is 584 g/mol. The zero-order chi connectivity index (χ0) is 28.6. The molecule has 2 aromatic rings. The van der Waals surface area contributed by atoms with E-state index in [2.05, 4.69) is 0 Å². The first kappa shape index (κ1) is 31.2. The molecule has 0 radical (unpaired) electrons. The number of anilines is 1. The third-order valence-corrected chi connectivity index (χ3v) is 8.62. The maximum absolute atomic E-state index is 13.6. The largest absolute Gasteiger partial charge is 0.469 e. The minimum atomic E-state index is -5.08. The Morgan fingerprint density at radius 1 is 1.13 bits per heavy atom. The van der Waals surface area contributed by atoms with E-state index in [4.69, 9.17) is 19.7 Å². The van der Waals surface area contributed by atoms with Gasteiger partial charge in [-0.3, -0.25) is 9.32 Å². The van der Waals surface area contributed by atoms with Crippen LogP contribution in [0.1, 0.15) is 32.3 Å². The Morgan fingerprint density at radius 3 is 2.36 bits per heavy atom. The van der Waals surface area contributed by atoms with Crippen molar-refractivity contribution in [1.82, 2.24) is 4.31 Å². The summed E-state index contributed by atoms with van der Waals surface area (Å²) >= 11 is 0. The van der Waals surface area contributed by atoms with Crippen LogP contribution in [0.5, 0.6) is 0 Å². The molecule has 1 heterocycles.